The van der Waals surface area contributed by atoms with Crippen LogP contribution in [-0.4, -0.2) is 41.9 Å². The molecule has 1 aliphatic rings. The van der Waals surface area contributed by atoms with E-state index in [4.69, 9.17) is 0 Å². The summed E-state index contributed by atoms with van der Waals surface area (Å²) in [6, 6.07) is 7.63. The highest BCUT2D eigenvalue weighted by Crippen LogP contribution is 2.32. The van der Waals surface area contributed by atoms with Crippen LogP contribution in [0.1, 0.15) is 5.56 Å². The smallest absolute Gasteiger partial charge is 0.325 e. The Bertz CT molecular complexity index is 610. The third-order valence-electron chi connectivity index (χ3n) is 2.80. The Morgan fingerprint density at radius 1 is 1.33 bits per heavy atom. The second kappa shape index (κ2) is 6.82. The Morgan fingerprint density at radius 3 is 2.57 bits per heavy atom. The molecular weight excluding hydrogens is 310 g/mol. The van der Waals surface area contributed by atoms with E-state index in [1.165, 1.54) is 7.11 Å². The number of esters is 1. The van der Waals surface area contributed by atoms with Crippen LogP contribution in [0.4, 0.5) is 4.79 Å². The topological polar surface area (TPSA) is 63.7 Å². The Morgan fingerprint density at radius 2 is 2.00 bits per heavy atom. The molecule has 21 heavy (non-hydrogen) atoms. The molecular formula is C14H13NO4S2. The van der Waals surface area contributed by atoms with Gasteiger partial charge in [0.2, 0.25) is 0 Å². The minimum Gasteiger partial charge on any atom is -0.468 e. The van der Waals surface area contributed by atoms with E-state index in [-0.39, 0.29) is 6.54 Å². The summed E-state index contributed by atoms with van der Waals surface area (Å²) in [6.07, 6.45) is 3.62. The Kier molecular flexibility index (Phi) is 5.08. The predicted octanol–water partition coefficient (Wildman–Crippen LogP) is 2.62. The van der Waals surface area contributed by atoms with Crippen LogP contribution in [-0.2, 0) is 14.3 Å². The summed E-state index contributed by atoms with van der Waals surface area (Å²) >= 11 is 2.45. The van der Waals surface area contributed by atoms with Gasteiger partial charge in [-0.3, -0.25) is 19.3 Å². The predicted molar refractivity (Wildman–Crippen MR) is 82.9 cm³/mol. The summed E-state index contributed by atoms with van der Waals surface area (Å²) in [5, 5.41) is -0.461. The maximum atomic E-state index is 12.1. The summed E-state index contributed by atoms with van der Waals surface area (Å²) in [5.41, 5.74) is 0.830. The first kappa shape index (κ1) is 15.7. The third kappa shape index (κ3) is 3.68. The molecule has 5 nitrogen and oxygen atoms in total. The number of hydrogen-bond donors (Lipinski definition) is 0. The number of rotatable bonds is 4. The highest BCUT2D eigenvalue weighted by molar-refractivity contribution is 8.18. The Balaban J connectivity index is 2.17. The highest BCUT2D eigenvalue weighted by Gasteiger charge is 2.36. The molecule has 0 unspecified atom stereocenters. The van der Waals surface area contributed by atoms with Gasteiger partial charge in [-0.2, -0.15) is 0 Å². The van der Waals surface area contributed by atoms with Gasteiger partial charge < -0.3 is 4.74 Å². The quantitative estimate of drug-likeness (QED) is 0.482. The SMILES string of the molecule is COC(=O)CN1C(=O)S/C(=C/c2ccc(SC)cc2)C1=O. The van der Waals surface area contributed by atoms with Gasteiger partial charge in [0.05, 0.1) is 12.0 Å². The summed E-state index contributed by atoms with van der Waals surface area (Å²) in [4.78, 5) is 37.4. The molecule has 0 saturated carbocycles. The molecule has 0 aliphatic carbocycles. The molecule has 0 atom stereocenters. The first-order valence-electron chi connectivity index (χ1n) is 6.01. The number of benzene rings is 1. The lowest BCUT2D eigenvalue weighted by molar-refractivity contribution is -0.143. The molecule has 1 heterocycles. The first-order chi connectivity index (χ1) is 10.0. The standard InChI is InChI=1S/C14H13NO4S2/c1-19-12(16)8-15-13(17)11(21-14(15)18)7-9-3-5-10(20-2)6-4-9/h3-7H,8H2,1-2H3/b11-7+. The van der Waals surface area contributed by atoms with Crippen LogP contribution >= 0.6 is 23.5 Å². The zero-order valence-electron chi connectivity index (χ0n) is 11.5. The lowest BCUT2D eigenvalue weighted by Crippen LogP contribution is -2.34. The van der Waals surface area contributed by atoms with Gasteiger partial charge >= 0.3 is 5.97 Å². The lowest BCUT2D eigenvalue weighted by Gasteiger charge is -2.09. The van der Waals surface area contributed by atoms with Gasteiger partial charge in [-0.1, -0.05) is 12.1 Å². The molecule has 1 saturated heterocycles. The van der Waals surface area contributed by atoms with Crippen LogP contribution in [0.5, 0.6) is 0 Å². The van der Waals surface area contributed by atoms with Crippen molar-refractivity contribution < 1.29 is 19.1 Å². The number of thioether (sulfide) groups is 2. The van der Waals surface area contributed by atoms with Gasteiger partial charge in [0.1, 0.15) is 6.54 Å². The minimum absolute atomic E-state index is 0.306. The van der Waals surface area contributed by atoms with E-state index in [0.717, 1.165) is 27.1 Å². The average molecular weight is 323 g/mol. The Hall–Kier alpha value is -1.73. The number of carbonyl (C=O) groups excluding carboxylic acids is 3. The molecule has 110 valence electrons. The minimum atomic E-state index is -0.622. The number of imide groups is 1. The van der Waals surface area contributed by atoms with E-state index < -0.39 is 17.1 Å². The van der Waals surface area contributed by atoms with Crippen molar-refractivity contribution in [3.63, 3.8) is 0 Å². The van der Waals surface area contributed by atoms with Gasteiger partial charge in [0.15, 0.2) is 0 Å². The van der Waals surface area contributed by atoms with Crippen LogP contribution < -0.4 is 0 Å². The number of carbonyl (C=O) groups is 3. The fraction of sp³-hybridized carbons (Fsp3) is 0.214. The van der Waals surface area contributed by atoms with Crippen LogP contribution in [0.15, 0.2) is 34.1 Å². The lowest BCUT2D eigenvalue weighted by atomic mass is 10.2. The second-order valence-corrected chi connectivity index (χ2v) is 5.99. The molecule has 2 rings (SSSR count). The Labute approximate surface area is 130 Å². The summed E-state index contributed by atoms with van der Waals surface area (Å²) < 4.78 is 4.47. The van der Waals surface area contributed by atoms with E-state index >= 15 is 0 Å². The molecule has 7 heteroatoms. The van der Waals surface area contributed by atoms with Crippen LogP contribution in [0, 0.1) is 0 Å². The fourth-order valence-electron chi connectivity index (χ4n) is 1.68. The van der Waals surface area contributed by atoms with Gasteiger partial charge in [0, 0.05) is 4.90 Å². The molecule has 2 amide bonds. The van der Waals surface area contributed by atoms with E-state index in [2.05, 4.69) is 4.74 Å². The van der Waals surface area contributed by atoms with Crippen LogP contribution in [0.2, 0.25) is 0 Å². The molecule has 1 aliphatic heterocycles. The van der Waals surface area contributed by atoms with E-state index in [1.807, 2.05) is 30.5 Å². The molecule has 1 aromatic carbocycles. The van der Waals surface area contributed by atoms with Crippen molar-refractivity contribution in [2.24, 2.45) is 0 Å². The van der Waals surface area contributed by atoms with Crippen LogP contribution in [0.25, 0.3) is 6.08 Å². The van der Waals surface area contributed by atoms with Crippen molar-refractivity contribution in [2.45, 2.75) is 4.90 Å². The van der Waals surface area contributed by atoms with E-state index in [0.29, 0.717) is 4.91 Å². The summed E-state index contributed by atoms with van der Waals surface area (Å²) in [5.74, 6) is -1.09. The number of ether oxygens (including phenoxy) is 1. The van der Waals surface area contributed by atoms with Crippen molar-refractivity contribution in [1.82, 2.24) is 4.90 Å². The summed E-state index contributed by atoms with van der Waals surface area (Å²) in [6.45, 7) is -0.357. The van der Waals surface area contributed by atoms with Crippen molar-refractivity contribution >= 4 is 46.7 Å². The van der Waals surface area contributed by atoms with Gasteiger partial charge in [0.25, 0.3) is 11.1 Å². The van der Waals surface area contributed by atoms with Gasteiger partial charge in [-0.15, -0.1) is 11.8 Å². The maximum absolute atomic E-state index is 12.1. The molecule has 0 radical (unpaired) electrons. The molecule has 0 aromatic heterocycles. The largest absolute Gasteiger partial charge is 0.468 e. The van der Waals surface area contributed by atoms with Gasteiger partial charge in [-0.25, -0.2) is 0 Å². The highest BCUT2D eigenvalue weighted by atomic mass is 32.2. The normalized spacial score (nSPS) is 16.7. The van der Waals surface area contributed by atoms with Gasteiger partial charge in [-0.05, 0) is 41.8 Å². The zero-order valence-corrected chi connectivity index (χ0v) is 13.1. The fourth-order valence-corrected chi connectivity index (χ4v) is 2.93. The van der Waals surface area contributed by atoms with E-state index in [9.17, 15) is 14.4 Å². The first-order valence-corrected chi connectivity index (χ1v) is 8.05. The number of amides is 2. The molecule has 0 bridgehead atoms. The van der Waals surface area contributed by atoms with E-state index in [1.54, 1.807) is 17.8 Å². The second-order valence-electron chi connectivity index (χ2n) is 4.12. The monoisotopic (exact) mass is 323 g/mol. The maximum Gasteiger partial charge on any atom is 0.325 e. The average Bonchev–Trinajstić information content (AvgIpc) is 2.75. The molecule has 0 spiro atoms. The number of nitrogens with zero attached hydrogens (tertiary/aromatic N) is 1. The van der Waals surface area contributed by atoms with Crippen molar-refractivity contribution in [3.05, 3.63) is 34.7 Å². The third-order valence-corrected chi connectivity index (χ3v) is 4.45. The number of methoxy groups -OCH3 is 1. The molecule has 1 fully saturated rings. The number of hydrogen-bond acceptors (Lipinski definition) is 6. The summed E-state index contributed by atoms with van der Waals surface area (Å²) in [7, 11) is 1.21. The van der Waals surface area contributed by atoms with Crippen LogP contribution in [0.3, 0.4) is 0 Å². The van der Waals surface area contributed by atoms with Crippen molar-refractivity contribution in [2.75, 3.05) is 19.9 Å². The zero-order chi connectivity index (χ0) is 15.4. The van der Waals surface area contributed by atoms with Crippen molar-refractivity contribution in [1.29, 1.82) is 0 Å². The molecule has 0 N–H and O–H groups in total. The molecule has 1 aromatic rings. The van der Waals surface area contributed by atoms with Crippen molar-refractivity contribution in [3.8, 4) is 0 Å².